The summed E-state index contributed by atoms with van der Waals surface area (Å²) in [7, 11) is 1.66. The molecule has 3 nitrogen and oxygen atoms in total. The fraction of sp³-hybridized carbons (Fsp3) is 0.118. The minimum atomic E-state index is -0.0949. The van der Waals surface area contributed by atoms with E-state index in [1.54, 1.807) is 11.9 Å². The average molecular weight is 264 g/mol. The van der Waals surface area contributed by atoms with Gasteiger partial charge in [0.2, 0.25) is 0 Å². The zero-order valence-corrected chi connectivity index (χ0v) is 11.3. The third-order valence-electron chi connectivity index (χ3n) is 3.51. The number of hydrogen-bond donors (Lipinski definition) is 1. The Morgan fingerprint density at radius 3 is 2.45 bits per heavy atom. The molecule has 0 radical (unpaired) electrons. The molecule has 2 aromatic rings. The van der Waals surface area contributed by atoms with Gasteiger partial charge in [0.1, 0.15) is 0 Å². The van der Waals surface area contributed by atoms with Crippen LogP contribution in [0, 0.1) is 0 Å². The first-order valence-electron chi connectivity index (χ1n) is 6.64. The van der Waals surface area contributed by atoms with Gasteiger partial charge in [-0.2, -0.15) is 0 Å². The average Bonchev–Trinajstić information content (AvgIpc) is 2.49. The third kappa shape index (κ3) is 2.18. The molecule has 0 bridgehead atoms. The van der Waals surface area contributed by atoms with Crippen LogP contribution in [0.2, 0.25) is 0 Å². The Balaban J connectivity index is 2.17. The number of hydrogen-bond acceptors (Lipinski definition) is 1. The molecule has 0 unspecified atom stereocenters. The van der Waals surface area contributed by atoms with Gasteiger partial charge in [-0.1, -0.05) is 54.6 Å². The molecule has 2 amide bonds. The molecule has 0 spiro atoms. The van der Waals surface area contributed by atoms with Crippen molar-refractivity contribution in [2.75, 3.05) is 11.9 Å². The molecular formula is C17H16N2O. The second-order valence-electron chi connectivity index (χ2n) is 4.73. The monoisotopic (exact) mass is 264 g/mol. The number of para-hydroxylation sites is 1. The molecule has 1 N–H and O–H groups in total. The maximum Gasteiger partial charge on any atom is 0.321 e. The number of rotatable bonds is 0. The summed E-state index contributed by atoms with van der Waals surface area (Å²) in [6.45, 7) is 0.567. The molecule has 100 valence electrons. The van der Waals surface area contributed by atoms with Crippen molar-refractivity contribution < 1.29 is 4.79 Å². The van der Waals surface area contributed by atoms with Gasteiger partial charge < -0.3 is 5.32 Å². The molecule has 3 heteroatoms. The standard InChI is InChI=1S/C17H16N2O/c1-18-17(20)19-12-15-8-3-2-6-13(15)10-11-14-7-4-5-9-16(14)19/h2-11H,12H2,1H3,(H,18,20)/b11-10-. The Kier molecular flexibility index (Phi) is 3.25. The van der Waals surface area contributed by atoms with Gasteiger partial charge in [-0.25, -0.2) is 4.79 Å². The van der Waals surface area contributed by atoms with Gasteiger partial charge >= 0.3 is 6.03 Å². The summed E-state index contributed by atoms with van der Waals surface area (Å²) in [5, 5.41) is 2.72. The highest BCUT2D eigenvalue weighted by molar-refractivity contribution is 5.95. The fourth-order valence-corrected chi connectivity index (χ4v) is 2.47. The maximum absolute atomic E-state index is 12.2. The van der Waals surface area contributed by atoms with E-state index < -0.39 is 0 Å². The van der Waals surface area contributed by atoms with Crippen molar-refractivity contribution in [3.63, 3.8) is 0 Å². The Bertz CT molecular complexity index is 676. The van der Waals surface area contributed by atoms with Crippen molar-refractivity contribution in [3.05, 3.63) is 65.2 Å². The van der Waals surface area contributed by atoms with E-state index in [2.05, 4.69) is 29.6 Å². The van der Waals surface area contributed by atoms with Gasteiger partial charge in [0.25, 0.3) is 0 Å². The molecule has 20 heavy (non-hydrogen) atoms. The van der Waals surface area contributed by atoms with E-state index in [0.717, 1.165) is 22.4 Å². The van der Waals surface area contributed by atoms with Crippen LogP contribution in [0.5, 0.6) is 0 Å². The first kappa shape index (κ1) is 12.5. The molecule has 2 aromatic carbocycles. The van der Waals surface area contributed by atoms with Gasteiger partial charge in [-0.3, -0.25) is 4.90 Å². The van der Waals surface area contributed by atoms with Crippen molar-refractivity contribution in [1.82, 2.24) is 5.32 Å². The number of nitrogens with zero attached hydrogens (tertiary/aromatic N) is 1. The fourth-order valence-electron chi connectivity index (χ4n) is 2.47. The van der Waals surface area contributed by atoms with Gasteiger partial charge in [-0.15, -0.1) is 0 Å². The summed E-state index contributed by atoms with van der Waals surface area (Å²) >= 11 is 0. The summed E-state index contributed by atoms with van der Waals surface area (Å²) in [6, 6.07) is 16.0. The minimum absolute atomic E-state index is 0.0949. The molecular weight excluding hydrogens is 248 g/mol. The van der Waals surface area contributed by atoms with Gasteiger partial charge in [-0.05, 0) is 22.8 Å². The number of benzene rings is 2. The summed E-state index contributed by atoms with van der Waals surface area (Å²) in [6.07, 6.45) is 4.17. The van der Waals surface area contributed by atoms with E-state index >= 15 is 0 Å². The first-order valence-corrected chi connectivity index (χ1v) is 6.64. The summed E-state index contributed by atoms with van der Waals surface area (Å²) in [5.74, 6) is 0. The van der Waals surface area contributed by atoms with E-state index in [-0.39, 0.29) is 6.03 Å². The summed E-state index contributed by atoms with van der Waals surface area (Å²) in [5.41, 5.74) is 4.26. The minimum Gasteiger partial charge on any atom is -0.341 e. The van der Waals surface area contributed by atoms with E-state index in [0.29, 0.717) is 6.54 Å². The molecule has 0 aromatic heterocycles. The molecule has 0 saturated heterocycles. The van der Waals surface area contributed by atoms with Gasteiger partial charge in [0, 0.05) is 7.05 Å². The topological polar surface area (TPSA) is 32.3 Å². The predicted molar refractivity (Wildman–Crippen MR) is 82.5 cm³/mol. The second-order valence-corrected chi connectivity index (χ2v) is 4.73. The van der Waals surface area contributed by atoms with Crippen LogP contribution < -0.4 is 10.2 Å². The highest BCUT2D eigenvalue weighted by Crippen LogP contribution is 2.28. The van der Waals surface area contributed by atoms with Crippen LogP contribution in [0.15, 0.2) is 48.5 Å². The van der Waals surface area contributed by atoms with E-state index in [4.69, 9.17) is 0 Å². The molecule has 0 aliphatic carbocycles. The molecule has 3 rings (SSSR count). The van der Waals surface area contributed by atoms with Crippen molar-refractivity contribution in [1.29, 1.82) is 0 Å². The zero-order valence-electron chi connectivity index (χ0n) is 11.3. The lowest BCUT2D eigenvalue weighted by Gasteiger charge is -2.26. The maximum atomic E-state index is 12.2. The Labute approximate surface area is 118 Å². The van der Waals surface area contributed by atoms with E-state index in [1.165, 1.54) is 0 Å². The normalized spacial score (nSPS) is 14.6. The molecule has 1 aliphatic rings. The molecule has 0 saturated carbocycles. The van der Waals surface area contributed by atoms with Crippen molar-refractivity contribution in [3.8, 4) is 0 Å². The number of nitrogens with one attached hydrogen (secondary N) is 1. The van der Waals surface area contributed by atoms with Crippen LogP contribution in [0.4, 0.5) is 10.5 Å². The van der Waals surface area contributed by atoms with Crippen molar-refractivity contribution in [2.24, 2.45) is 0 Å². The highest BCUT2D eigenvalue weighted by Gasteiger charge is 2.19. The first-order chi connectivity index (χ1) is 9.79. The Morgan fingerprint density at radius 1 is 1.00 bits per heavy atom. The van der Waals surface area contributed by atoms with Crippen molar-refractivity contribution >= 4 is 23.9 Å². The number of anilines is 1. The molecule has 1 aliphatic heterocycles. The molecule has 0 atom stereocenters. The molecule has 1 heterocycles. The van der Waals surface area contributed by atoms with E-state index in [9.17, 15) is 4.79 Å². The molecule has 0 fully saturated rings. The van der Waals surface area contributed by atoms with Gasteiger partial charge in [0.05, 0.1) is 12.2 Å². The zero-order chi connectivity index (χ0) is 13.9. The Morgan fingerprint density at radius 2 is 1.65 bits per heavy atom. The van der Waals surface area contributed by atoms with Crippen LogP contribution >= 0.6 is 0 Å². The predicted octanol–water partition coefficient (Wildman–Crippen LogP) is 3.52. The van der Waals surface area contributed by atoms with Crippen LogP contribution in [-0.2, 0) is 6.54 Å². The number of carbonyl (C=O) groups is 1. The van der Waals surface area contributed by atoms with Crippen LogP contribution in [-0.4, -0.2) is 13.1 Å². The summed E-state index contributed by atoms with van der Waals surface area (Å²) < 4.78 is 0. The second kappa shape index (κ2) is 5.21. The Hall–Kier alpha value is -2.55. The van der Waals surface area contributed by atoms with Crippen LogP contribution in [0.3, 0.4) is 0 Å². The van der Waals surface area contributed by atoms with Crippen molar-refractivity contribution in [2.45, 2.75) is 6.54 Å². The largest absolute Gasteiger partial charge is 0.341 e. The smallest absolute Gasteiger partial charge is 0.321 e. The lowest BCUT2D eigenvalue weighted by Crippen LogP contribution is -2.38. The summed E-state index contributed by atoms with van der Waals surface area (Å²) in [4.78, 5) is 14.0. The lowest BCUT2D eigenvalue weighted by molar-refractivity contribution is 0.248. The number of urea groups is 1. The lowest BCUT2D eigenvalue weighted by atomic mass is 10.0. The quantitative estimate of drug-likeness (QED) is 0.775. The van der Waals surface area contributed by atoms with Crippen LogP contribution in [0.1, 0.15) is 16.7 Å². The highest BCUT2D eigenvalue weighted by atomic mass is 16.2. The van der Waals surface area contributed by atoms with Crippen LogP contribution in [0.25, 0.3) is 12.2 Å². The SMILES string of the molecule is CNC(=O)N1Cc2ccccc2/C=C\c2ccccc21. The van der Waals surface area contributed by atoms with E-state index in [1.807, 2.05) is 36.4 Å². The number of fused-ring (bicyclic) bond motifs is 2. The third-order valence-corrected chi connectivity index (χ3v) is 3.51. The number of carbonyl (C=O) groups excluding carboxylic acids is 1. The number of amides is 2. The van der Waals surface area contributed by atoms with Gasteiger partial charge in [0.15, 0.2) is 0 Å².